The smallest absolute Gasteiger partial charge is 0.228 e. The molecule has 0 saturated carbocycles. The predicted molar refractivity (Wildman–Crippen MR) is 82.4 cm³/mol. The third kappa shape index (κ3) is 3.63. The number of carbonyl (C=O) groups excluding carboxylic acids is 2. The summed E-state index contributed by atoms with van der Waals surface area (Å²) in [7, 11) is 0. The van der Waals surface area contributed by atoms with Crippen molar-refractivity contribution in [2.75, 3.05) is 5.32 Å². The van der Waals surface area contributed by atoms with Crippen molar-refractivity contribution in [1.29, 1.82) is 0 Å². The van der Waals surface area contributed by atoms with E-state index in [4.69, 9.17) is 4.74 Å². The Hall–Kier alpha value is -2.82. The molecular formula is C17H16N2O3. The van der Waals surface area contributed by atoms with E-state index >= 15 is 0 Å². The molecule has 0 radical (unpaired) electrons. The monoisotopic (exact) mass is 296 g/mol. The largest absolute Gasteiger partial charge is 0.470 e. The van der Waals surface area contributed by atoms with Crippen LogP contribution in [0.15, 0.2) is 54.6 Å². The zero-order chi connectivity index (χ0) is 15.4. The molecule has 1 saturated heterocycles. The molecule has 3 rings (SSSR count). The number of rotatable bonds is 5. The Balaban J connectivity index is 1.57. The van der Waals surface area contributed by atoms with E-state index in [1.807, 2.05) is 30.3 Å². The summed E-state index contributed by atoms with van der Waals surface area (Å²) in [5.41, 5.74) is 1.63. The molecule has 1 aliphatic heterocycles. The van der Waals surface area contributed by atoms with Crippen LogP contribution in [-0.4, -0.2) is 18.0 Å². The van der Waals surface area contributed by atoms with Crippen LogP contribution in [0.3, 0.4) is 0 Å². The van der Waals surface area contributed by atoms with Crippen LogP contribution in [0.2, 0.25) is 0 Å². The molecule has 112 valence electrons. The molecule has 0 spiro atoms. The van der Waals surface area contributed by atoms with Crippen LogP contribution in [-0.2, 0) is 16.0 Å². The molecule has 1 atom stereocenters. The van der Waals surface area contributed by atoms with Crippen molar-refractivity contribution in [1.82, 2.24) is 5.32 Å². The SMILES string of the molecule is O=C(Cc1ccccc1)Nc1cccc(OC2CC(=O)N2)c1. The number of hydrogen-bond donors (Lipinski definition) is 2. The van der Waals surface area contributed by atoms with Crippen molar-refractivity contribution in [2.45, 2.75) is 19.1 Å². The van der Waals surface area contributed by atoms with Gasteiger partial charge in [0.15, 0.2) is 6.23 Å². The molecular weight excluding hydrogens is 280 g/mol. The average molecular weight is 296 g/mol. The van der Waals surface area contributed by atoms with Crippen LogP contribution in [0, 0.1) is 0 Å². The lowest BCUT2D eigenvalue weighted by atomic mass is 10.1. The number of anilines is 1. The summed E-state index contributed by atoms with van der Waals surface area (Å²) >= 11 is 0. The molecule has 5 nitrogen and oxygen atoms in total. The van der Waals surface area contributed by atoms with Gasteiger partial charge in [-0.05, 0) is 17.7 Å². The van der Waals surface area contributed by atoms with Crippen molar-refractivity contribution in [3.8, 4) is 5.75 Å². The highest BCUT2D eigenvalue weighted by molar-refractivity contribution is 5.92. The first kappa shape index (κ1) is 14.1. The first-order chi connectivity index (χ1) is 10.7. The second-order valence-electron chi connectivity index (χ2n) is 5.12. The quantitative estimate of drug-likeness (QED) is 0.830. The number of benzene rings is 2. The highest BCUT2D eigenvalue weighted by Crippen LogP contribution is 2.20. The van der Waals surface area contributed by atoms with Crippen molar-refractivity contribution >= 4 is 17.5 Å². The molecule has 1 unspecified atom stereocenters. The van der Waals surface area contributed by atoms with E-state index in [-0.39, 0.29) is 18.0 Å². The van der Waals surface area contributed by atoms with Gasteiger partial charge in [-0.2, -0.15) is 0 Å². The van der Waals surface area contributed by atoms with E-state index in [0.717, 1.165) is 5.56 Å². The highest BCUT2D eigenvalue weighted by atomic mass is 16.5. The van der Waals surface area contributed by atoms with Gasteiger partial charge in [0.05, 0.1) is 12.8 Å². The maximum Gasteiger partial charge on any atom is 0.228 e. The van der Waals surface area contributed by atoms with E-state index in [1.54, 1.807) is 24.3 Å². The van der Waals surface area contributed by atoms with E-state index in [0.29, 0.717) is 24.3 Å². The molecule has 1 fully saturated rings. The van der Waals surface area contributed by atoms with Gasteiger partial charge in [-0.15, -0.1) is 0 Å². The Labute approximate surface area is 128 Å². The molecule has 0 aromatic heterocycles. The molecule has 2 aromatic carbocycles. The minimum absolute atomic E-state index is 0.0164. The van der Waals surface area contributed by atoms with E-state index in [9.17, 15) is 9.59 Å². The van der Waals surface area contributed by atoms with Gasteiger partial charge in [-0.25, -0.2) is 0 Å². The lowest BCUT2D eigenvalue weighted by Crippen LogP contribution is -2.51. The van der Waals surface area contributed by atoms with Crippen molar-refractivity contribution < 1.29 is 14.3 Å². The molecule has 0 aliphatic carbocycles. The fourth-order valence-corrected chi connectivity index (χ4v) is 2.20. The molecule has 2 aromatic rings. The fourth-order valence-electron chi connectivity index (χ4n) is 2.20. The summed E-state index contributed by atoms with van der Waals surface area (Å²) in [5, 5.41) is 5.48. The topological polar surface area (TPSA) is 67.4 Å². The number of carbonyl (C=O) groups is 2. The molecule has 2 N–H and O–H groups in total. The molecule has 5 heteroatoms. The van der Waals surface area contributed by atoms with Gasteiger partial charge in [0.25, 0.3) is 0 Å². The molecule has 22 heavy (non-hydrogen) atoms. The van der Waals surface area contributed by atoms with Crippen LogP contribution < -0.4 is 15.4 Å². The normalized spacial score (nSPS) is 16.4. The van der Waals surface area contributed by atoms with E-state index in [1.165, 1.54) is 0 Å². The Kier molecular flexibility index (Phi) is 4.05. The summed E-state index contributed by atoms with van der Waals surface area (Å²) in [6.07, 6.45) is 0.414. The number of nitrogens with one attached hydrogen (secondary N) is 2. The molecule has 1 aliphatic rings. The van der Waals surface area contributed by atoms with Gasteiger partial charge in [0, 0.05) is 11.8 Å². The van der Waals surface area contributed by atoms with Gasteiger partial charge >= 0.3 is 0 Å². The van der Waals surface area contributed by atoms with Gasteiger partial charge in [0.2, 0.25) is 11.8 Å². The van der Waals surface area contributed by atoms with Gasteiger partial charge < -0.3 is 15.4 Å². The maximum absolute atomic E-state index is 12.0. The second kappa shape index (κ2) is 6.30. The summed E-state index contributed by atoms with van der Waals surface area (Å²) in [4.78, 5) is 22.9. The van der Waals surface area contributed by atoms with Crippen LogP contribution >= 0.6 is 0 Å². The van der Waals surface area contributed by atoms with Crippen molar-refractivity contribution in [2.24, 2.45) is 0 Å². The van der Waals surface area contributed by atoms with Gasteiger partial charge in [-0.1, -0.05) is 36.4 Å². The van der Waals surface area contributed by atoms with Crippen LogP contribution in [0.5, 0.6) is 5.75 Å². The summed E-state index contributed by atoms with van der Waals surface area (Å²) in [6, 6.07) is 16.7. The first-order valence-electron chi connectivity index (χ1n) is 7.09. The Morgan fingerprint density at radius 1 is 1.18 bits per heavy atom. The predicted octanol–water partition coefficient (Wildman–Crippen LogP) is 2.09. The number of hydrogen-bond acceptors (Lipinski definition) is 3. The number of β-lactam (4-membered cyclic amide) rings is 1. The summed E-state index contributed by atoms with van der Waals surface area (Å²) in [5.74, 6) is 0.514. The van der Waals surface area contributed by atoms with Crippen molar-refractivity contribution in [3.05, 3.63) is 60.2 Å². The Morgan fingerprint density at radius 3 is 2.68 bits per heavy atom. The van der Waals surface area contributed by atoms with Gasteiger partial charge in [0.1, 0.15) is 5.75 Å². The maximum atomic E-state index is 12.0. The highest BCUT2D eigenvalue weighted by Gasteiger charge is 2.26. The van der Waals surface area contributed by atoms with Crippen LogP contribution in [0.1, 0.15) is 12.0 Å². The fraction of sp³-hybridized carbons (Fsp3) is 0.176. The number of amides is 2. The zero-order valence-corrected chi connectivity index (χ0v) is 11.9. The minimum atomic E-state index is -0.275. The minimum Gasteiger partial charge on any atom is -0.470 e. The standard InChI is InChI=1S/C17H16N2O3/c20-15(9-12-5-2-1-3-6-12)18-13-7-4-8-14(10-13)22-17-11-16(21)19-17/h1-8,10,17H,9,11H2,(H,18,20)(H,19,21). The van der Waals surface area contributed by atoms with E-state index in [2.05, 4.69) is 10.6 Å². The summed E-state index contributed by atoms with van der Waals surface area (Å²) in [6.45, 7) is 0. The molecule has 2 amide bonds. The zero-order valence-electron chi connectivity index (χ0n) is 11.9. The van der Waals surface area contributed by atoms with Gasteiger partial charge in [-0.3, -0.25) is 9.59 Å². The van der Waals surface area contributed by atoms with Crippen LogP contribution in [0.25, 0.3) is 0 Å². The third-order valence-corrected chi connectivity index (χ3v) is 3.30. The Morgan fingerprint density at radius 2 is 1.95 bits per heavy atom. The lowest BCUT2D eigenvalue weighted by Gasteiger charge is -2.27. The molecule has 1 heterocycles. The van der Waals surface area contributed by atoms with E-state index < -0.39 is 0 Å². The van der Waals surface area contributed by atoms with Crippen LogP contribution in [0.4, 0.5) is 5.69 Å². The number of ether oxygens (including phenoxy) is 1. The summed E-state index contributed by atoms with van der Waals surface area (Å²) < 4.78 is 5.58. The average Bonchev–Trinajstić information content (AvgIpc) is 2.47. The Bertz CT molecular complexity index is 677. The van der Waals surface area contributed by atoms with Crippen molar-refractivity contribution in [3.63, 3.8) is 0 Å². The third-order valence-electron chi connectivity index (χ3n) is 3.30. The second-order valence-corrected chi connectivity index (χ2v) is 5.12. The lowest BCUT2D eigenvalue weighted by molar-refractivity contribution is -0.134. The first-order valence-corrected chi connectivity index (χ1v) is 7.09. The molecule has 0 bridgehead atoms.